The molecule has 4 heteroatoms. The second kappa shape index (κ2) is 6.66. The van der Waals surface area contributed by atoms with E-state index in [1.54, 1.807) is 0 Å². The van der Waals surface area contributed by atoms with Crippen LogP contribution in [0.4, 0.5) is 13.2 Å². The van der Waals surface area contributed by atoms with Crippen molar-refractivity contribution in [2.24, 2.45) is 5.92 Å². The quantitative estimate of drug-likeness (QED) is 0.639. The lowest BCUT2D eigenvalue weighted by Gasteiger charge is -2.21. The summed E-state index contributed by atoms with van der Waals surface area (Å²) in [6.45, 7) is 7.70. The molecule has 15 heavy (non-hydrogen) atoms. The molecule has 0 aliphatic rings. The van der Waals surface area contributed by atoms with Crippen LogP contribution < -0.4 is 0 Å². The van der Waals surface area contributed by atoms with Gasteiger partial charge in [0.05, 0.1) is 0 Å². The molecule has 0 fully saturated rings. The molecule has 0 heterocycles. The lowest BCUT2D eigenvalue weighted by atomic mass is 10.1. The highest BCUT2D eigenvalue weighted by Gasteiger charge is 2.39. The van der Waals surface area contributed by atoms with Gasteiger partial charge in [-0.3, -0.25) is 0 Å². The molecular formula is C11H21F3S. The summed E-state index contributed by atoms with van der Waals surface area (Å²) in [5, 5.41) is -1.15. The molecule has 0 aromatic carbocycles. The number of rotatable bonds is 6. The fourth-order valence-electron chi connectivity index (χ4n) is 1.35. The maximum Gasteiger partial charge on any atom is 0.400 e. The van der Waals surface area contributed by atoms with E-state index in [-0.39, 0.29) is 11.7 Å². The Bertz CT molecular complexity index is 164. The summed E-state index contributed by atoms with van der Waals surface area (Å²) in [7, 11) is 0. The summed E-state index contributed by atoms with van der Waals surface area (Å²) in [6, 6.07) is 0. The first kappa shape index (κ1) is 15.1. The molecule has 0 rings (SSSR count). The highest BCUT2D eigenvalue weighted by atomic mass is 32.2. The van der Waals surface area contributed by atoms with Crippen LogP contribution in [-0.4, -0.2) is 16.7 Å². The van der Waals surface area contributed by atoms with Gasteiger partial charge >= 0.3 is 6.18 Å². The van der Waals surface area contributed by atoms with Crippen molar-refractivity contribution >= 4 is 11.8 Å². The van der Waals surface area contributed by atoms with Gasteiger partial charge in [-0.25, -0.2) is 0 Å². The molecule has 0 nitrogen and oxygen atoms in total. The van der Waals surface area contributed by atoms with E-state index in [0.717, 1.165) is 18.2 Å². The Hall–Kier alpha value is 0.140. The van der Waals surface area contributed by atoms with E-state index in [0.29, 0.717) is 12.3 Å². The maximum atomic E-state index is 12.6. The van der Waals surface area contributed by atoms with Crippen molar-refractivity contribution in [1.29, 1.82) is 0 Å². The Labute approximate surface area is 95.0 Å². The van der Waals surface area contributed by atoms with E-state index < -0.39 is 11.4 Å². The smallest absolute Gasteiger partial charge is 0.170 e. The fourth-order valence-corrected chi connectivity index (χ4v) is 2.46. The number of hydrogen-bond donors (Lipinski definition) is 0. The second-order valence-corrected chi connectivity index (χ2v) is 6.32. The van der Waals surface area contributed by atoms with E-state index in [2.05, 4.69) is 0 Å². The Morgan fingerprint density at radius 1 is 1.00 bits per heavy atom. The van der Waals surface area contributed by atoms with E-state index >= 15 is 0 Å². The third-order valence-electron chi connectivity index (χ3n) is 2.05. The molecule has 0 aliphatic heterocycles. The van der Waals surface area contributed by atoms with Crippen LogP contribution in [0.5, 0.6) is 0 Å². The summed E-state index contributed by atoms with van der Waals surface area (Å²) in [4.78, 5) is 0. The van der Waals surface area contributed by atoms with E-state index in [1.807, 2.05) is 27.7 Å². The van der Waals surface area contributed by atoms with Crippen LogP contribution in [0.3, 0.4) is 0 Å². The van der Waals surface area contributed by atoms with Gasteiger partial charge in [-0.1, -0.05) is 40.5 Å². The summed E-state index contributed by atoms with van der Waals surface area (Å²) in [6.07, 6.45) is -2.25. The maximum absolute atomic E-state index is 12.6. The van der Waals surface area contributed by atoms with Gasteiger partial charge < -0.3 is 0 Å². The van der Waals surface area contributed by atoms with Gasteiger partial charge in [0.15, 0.2) is 0 Å². The van der Waals surface area contributed by atoms with Crippen LogP contribution in [0.2, 0.25) is 0 Å². The molecule has 0 bridgehead atoms. The van der Waals surface area contributed by atoms with Crippen LogP contribution in [0.15, 0.2) is 0 Å². The largest absolute Gasteiger partial charge is 0.400 e. The third kappa shape index (κ3) is 8.00. The van der Waals surface area contributed by atoms with Crippen molar-refractivity contribution in [3.05, 3.63) is 0 Å². The van der Waals surface area contributed by atoms with Gasteiger partial charge in [-0.05, 0) is 17.6 Å². The highest BCUT2D eigenvalue weighted by molar-refractivity contribution is 8.00. The predicted molar refractivity (Wildman–Crippen MR) is 61.3 cm³/mol. The number of alkyl halides is 3. The molecule has 0 aromatic rings. The topological polar surface area (TPSA) is 0 Å². The van der Waals surface area contributed by atoms with Crippen molar-refractivity contribution in [2.45, 2.75) is 63.6 Å². The van der Waals surface area contributed by atoms with Crippen LogP contribution in [0, 0.1) is 5.92 Å². The monoisotopic (exact) mass is 242 g/mol. The Kier molecular flexibility index (Phi) is 6.73. The minimum Gasteiger partial charge on any atom is -0.170 e. The zero-order valence-corrected chi connectivity index (χ0v) is 10.7. The fraction of sp³-hybridized carbons (Fsp3) is 1.00. The van der Waals surface area contributed by atoms with Gasteiger partial charge in [0.25, 0.3) is 0 Å². The van der Waals surface area contributed by atoms with Crippen molar-refractivity contribution in [2.75, 3.05) is 0 Å². The normalized spacial score (nSPS) is 15.0. The van der Waals surface area contributed by atoms with Crippen molar-refractivity contribution in [3.63, 3.8) is 0 Å². The summed E-state index contributed by atoms with van der Waals surface area (Å²) >= 11 is 1.03. The number of thioether (sulfide) groups is 1. The lowest BCUT2D eigenvalue weighted by molar-refractivity contribution is -0.130. The molecule has 0 saturated carbocycles. The summed E-state index contributed by atoms with van der Waals surface area (Å²) in [5.74, 6) is 0.489. The molecule has 0 amide bonds. The Balaban J connectivity index is 4.03. The van der Waals surface area contributed by atoms with Crippen LogP contribution in [0.1, 0.15) is 47.0 Å². The molecule has 0 N–H and O–H groups in total. The summed E-state index contributed by atoms with van der Waals surface area (Å²) in [5.41, 5.74) is 0. The molecule has 0 aromatic heterocycles. The zero-order chi connectivity index (χ0) is 12.1. The summed E-state index contributed by atoms with van der Waals surface area (Å²) < 4.78 is 37.8. The van der Waals surface area contributed by atoms with Gasteiger partial charge in [-0.2, -0.15) is 13.2 Å². The Morgan fingerprint density at radius 2 is 1.53 bits per heavy atom. The Morgan fingerprint density at radius 3 is 1.87 bits per heavy atom. The van der Waals surface area contributed by atoms with Crippen LogP contribution in [-0.2, 0) is 0 Å². The first-order valence-electron chi connectivity index (χ1n) is 5.45. The molecule has 0 radical (unpaired) electrons. The van der Waals surface area contributed by atoms with Gasteiger partial charge in [0, 0.05) is 0 Å². The van der Waals surface area contributed by atoms with E-state index in [4.69, 9.17) is 0 Å². The van der Waals surface area contributed by atoms with Gasteiger partial charge in [0.2, 0.25) is 0 Å². The number of hydrogen-bond acceptors (Lipinski definition) is 1. The molecule has 1 atom stereocenters. The van der Waals surface area contributed by atoms with Crippen molar-refractivity contribution in [3.8, 4) is 0 Å². The molecule has 92 valence electrons. The van der Waals surface area contributed by atoms with Gasteiger partial charge in [0.1, 0.15) is 5.25 Å². The molecular weight excluding hydrogens is 221 g/mol. The predicted octanol–water partition coefficient (Wildman–Crippen LogP) is 4.89. The van der Waals surface area contributed by atoms with E-state index in [9.17, 15) is 13.2 Å². The molecule has 0 spiro atoms. The first-order chi connectivity index (χ1) is 6.73. The van der Waals surface area contributed by atoms with Crippen molar-refractivity contribution < 1.29 is 13.2 Å². The van der Waals surface area contributed by atoms with E-state index in [1.165, 1.54) is 0 Å². The zero-order valence-electron chi connectivity index (χ0n) is 9.90. The minimum absolute atomic E-state index is 0.0377. The van der Waals surface area contributed by atoms with Crippen LogP contribution >= 0.6 is 11.8 Å². The number of halogens is 3. The van der Waals surface area contributed by atoms with Crippen molar-refractivity contribution in [1.82, 2.24) is 0 Å². The SMILES string of the molecule is CC(C)CCC[C@@H](SC(C)C)C(F)(F)F. The molecule has 0 aliphatic carbocycles. The third-order valence-corrected chi connectivity index (χ3v) is 3.43. The van der Waals surface area contributed by atoms with Gasteiger partial charge in [-0.15, -0.1) is 11.8 Å². The second-order valence-electron chi connectivity index (χ2n) is 4.54. The molecule has 0 saturated heterocycles. The first-order valence-corrected chi connectivity index (χ1v) is 6.40. The minimum atomic E-state index is -4.05. The van der Waals surface area contributed by atoms with Crippen LogP contribution in [0.25, 0.3) is 0 Å². The standard InChI is InChI=1S/C11H21F3S/c1-8(2)6-5-7-10(11(12,13)14)15-9(3)4/h8-10H,5-7H2,1-4H3/t10-/m1/s1. The average Bonchev–Trinajstić information content (AvgIpc) is 1.99. The molecule has 0 unspecified atom stereocenters. The highest BCUT2D eigenvalue weighted by Crippen LogP contribution is 2.36. The lowest BCUT2D eigenvalue weighted by Crippen LogP contribution is -2.27. The average molecular weight is 242 g/mol.